The van der Waals surface area contributed by atoms with Crippen molar-refractivity contribution in [2.24, 2.45) is 7.05 Å². The Kier molecular flexibility index (Phi) is 3.32. The van der Waals surface area contributed by atoms with Gasteiger partial charge in [0.25, 0.3) is 0 Å². The first-order chi connectivity index (χ1) is 8.20. The zero-order valence-electron chi connectivity index (χ0n) is 10.4. The van der Waals surface area contributed by atoms with Crippen LogP contribution in [0, 0.1) is 6.92 Å². The second kappa shape index (κ2) is 4.91. The molecular formula is C13H17N3O. The molecule has 1 N–H and O–H groups in total. The molecule has 2 rings (SSSR count). The summed E-state index contributed by atoms with van der Waals surface area (Å²) in [5.41, 5.74) is 2.20. The Balaban J connectivity index is 2.05. The third-order valence-corrected chi connectivity index (χ3v) is 2.77. The molecule has 1 aromatic heterocycles. The highest BCUT2D eigenvalue weighted by molar-refractivity contribution is 5.50. The summed E-state index contributed by atoms with van der Waals surface area (Å²) in [6.45, 7) is 2.75. The lowest BCUT2D eigenvalue weighted by atomic mass is 10.2. The van der Waals surface area contributed by atoms with Crippen LogP contribution in [0.25, 0.3) is 0 Å². The molecule has 0 atom stereocenters. The van der Waals surface area contributed by atoms with Crippen LogP contribution in [-0.2, 0) is 13.6 Å². The first kappa shape index (κ1) is 11.5. The normalized spacial score (nSPS) is 10.3. The molecule has 0 aliphatic carbocycles. The van der Waals surface area contributed by atoms with Crippen molar-refractivity contribution in [3.63, 3.8) is 0 Å². The van der Waals surface area contributed by atoms with Gasteiger partial charge in [-0.25, -0.2) is 4.98 Å². The minimum atomic E-state index is 0.718. The number of nitrogens with one attached hydrogen (secondary N) is 1. The van der Waals surface area contributed by atoms with E-state index in [9.17, 15) is 0 Å². The molecule has 0 spiro atoms. The number of rotatable bonds is 4. The van der Waals surface area contributed by atoms with Crippen LogP contribution in [0.1, 0.15) is 11.4 Å². The van der Waals surface area contributed by atoms with Gasteiger partial charge in [-0.3, -0.25) is 0 Å². The fraction of sp³-hybridized carbons (Fsp3) is 0.308. The predicted octanol–water partition coefficient (Wildman–Crippen LogP) is 2.35. The average Bonchev–Trinajstić information content (AvgIpc) is 2.72. The molecule has 0 aliphatic heterocycles. The number of anilines is 1. The minimum absolute atomic E-state index is 0.718. The van der Waals surface area contributed by atoms with E-state index in [4.69, 9.17) is 4.74 Å². The van der Waals surface area contributed by atoms with E-state index < -0.39 is 0 Å². The largest absolute Gasteiger partial charge is 0.496 e. The maximum Gasteiger partial charge on any atom is 0.127 e. The van der Waals surface area contributed by atoms with Crippen LogP contribution in [0.3, 0.4) is 0 Å². The van der Waals surface area contributed by atoms with E-state index in [1.165, 1.54) is 0 Å². The van der Waals surface area contributed by atoms with Gasteiger partial charge in [0.1, 0.15) is 11.6 Å². The van der Waals surface area contributed by atoms with Crippen molar-refractivity contribution in [3.05, 3.63) is 42.0 Å². The van der Waals surface area contributed by atoms with Crippen molar-refractivity contribution in [2.45, 2.75) is 13.5 Å². The van der Waals surface area contributed by atoms with Crippen LogP contribution in [0.4, 0.5) is 5.69 Å². The number of nitrogens with zero attached hydrogens (tertiary/aromatic N) is 2. The summed E-state index contributed by atoms with van der Waals surface area (Å²) in [6, 6.07) is 6.05. The Morgan fingerprint density at radius 3 is 2.82 bits per heavy atom. The monoisotopic (exact) mass is 231 g/mol. The molecular weight excluding hydrogens is 214 g/mol. The molecule has 90 valence electrons. The lowest BCUT2D eigenvalue weighted by Gasteiger charge is -2.09. The van der Waals surface area contributed by atoms with Crippen LogP contribution in [0.2, 0.25) is 0 Å². The third-order valence-electron chi connectivity index (χ3n) is 2.77. The molecule has 1 heterocycles. The first-order valence-corrected chi connectivity index (χ1v) is 5.55. The van der Waals surface area contributed by atoms with Crippen LogP contribution >= 0.6 is 0 Å². The van der Waals surface area contributed by atoms with Gasteiger partial charge in [0, 0.05) is 25.1 Å². The van der Waals surface area contributed by atoms with E-state index in [-0.39, 0.29) is 0 Å². The SMILES string of the molecule is COc1ccc(NCc2nccn2C)cc1C. The van der Waals surface area contributed by atoms with Crippen LogP contribution in [0.5, 0.6) is 5.75 Å². The topological polar surface area (TPSA) is 39.1 Å². The van der Waals surface area contributed by atoms with Gasteiger partial charge in [-0.2, -0.15) is 0 Å². The summed E-state index contributed by atoms with van der Waals surface area (Å²) < 4.78 is 7.23. The summed E-state index contributed by atoms with van der Waals surface area (Å²) in [5.74, 6) is 1.92. The average molecular weight is 231 g/mol. The fourth-order valence-corrected chi connectivity index (χ4v) is 1.74. The van der Waals surface area contributed by atoms with Gasteiger partial charge in [0.15, 0.2) is 0 Å². The number of benzene rings is 1. The predicted molar refractivity (Wildman–Crippen MR) is 68.3 cm³/mol. The number of methoxy groups -OCH3 is 1. The second-order valence-electron chi connectivity index (χ2n) is 3.99. The number of hydrogen-bond donors (Lipinski definition) is 1. The van der Waals surface area contributed by atoms with Gasteiger partial charge >= 0.3 is 0 Å². The molecule has 4 heteroatoms. The van der Waals surface area contributed by atoms with E-state index in [1.807, 2.05) is 36.9 Å². The Morgan fingerprint density at radius 1 is 1.41 bits per heavy atom. The Bertz CT molecular complexity index is 505. The summed E-state index contributed by atoms with van der Waals surface area (Å²) in [5, 5.41) is 3.34. The van der Waals surface area contributed by atoms with E-state index in [0.29, 0.717) is 0 Å². The van der Waals surface area contributed by atoms with E-state index in [0.717, 1.165) is 29.4 Å². The van der Waals surface area contributed by atoms with Crippen molar-refractivity contribution in [3.8, 4) is 5.75 Å². The number of hydrogen-bond acceptors (Lipinski definition) is 3. The molecule has 0 unspecified atom stereocenters. The lowest BCUT2D eigenvalue weighted by molar-refractivity contribution is 0.412. The molecule has 0 amide bonds. The van der Waals surface area contributed by atoms with Gasteiger partial charge in [-0.15, -0.1) is 0 Å². The maximum atomic E-state index is 5.23. The highest BCUT2D eigenvalue weighted by atomic mass is 16.5. The zero-order valence-corrected chi connectivity index (χ0v) is 10.4. The highest BCUT2D eigenvalue weighted by Gasteiger charge is 2.01. The molecule has 0 saturated heterocycles. The van der Waals surface area contributed by atoms with E-state index >= 15 is 0 Å². The molecule has 0 saturated carbocycles. The van der Waals surface area contributed by atoms with Crippen molar-refractivity contribution in [1.82, 2.24) is 9.55 Å². The lowest BCUT2D eigenvalue weighted by Crippen LogP contribution is -2.05. The number of ether oxygens (including phenoxy) is 1. The number of imidazole rings is 1. The summed E-state index contributed by atoms with van der Waals surface area (Å²) in [7, 11) is 3.67. The molecule has 4 nitrogen and oxygen atoms in total. The molecule has 0 radical (unpaired) electrons. The van der Waals surface area contributed by atoms with Crippen LogP contribution in [-0.4, -0.2) is 16.7 Å². The molecule has 0 aliphatic rings. The van der Waals surface area contributed by atoms with Gasteiger partial charge in [-0.05, 0) is 30.7 Å². The van der Waals surface area contributed by atoms with E-state index in [1.54, 1.807) is 13.3 Å². The molecule has 2 aromatic rings. The standard InChI is InChI=1S/C13H17N3O/c1-10-8-11(4-5-12(10)17-3)15-9-13-14-6-7-16(13)2/h4-8,15H,9H2,1-3H3. The zero-order chi connectivity index (χ0) is 12.3. The van der Waals surface area contributed by atoms with Crippen molar-refractivity contribution in [2.75, 3.05) is 12.4 Å². The summed E-state index contributed by atoms with van der Waals surface area (Å²) >= 11 is 0. The highest BCUT2D eigenvalue weighted by Crippen LogP contribution is 2.21. The van der Waals surface area contributed by atoms with E-state index in [2.05, 4.69) is 16.4 Å². The van der Waals surface area contributed by atoms with Crippen molar-refractivity contribution in [1.29, 1.82) is 0 Å². The molecule has 17 heavy (non-hydrogen) atoms. The van der Waals surface area contributed by atoms with Crippen molar-refractivity contribution >= 4 is 5.69 Å². The van der Waals surface area contributed by atoms with Crippen LogP contribution < -0.4 is 10.1 Å². The van der Waals surface area contributed by atoms with Crippen LogP contribution in [0.15, 0.2) is 30.6 Å². The Hall–Kier alpha value is -1.97. The second-order valence-corrected chi connectivity index (χ2v) is 3.99. The van der Waals surface area contributed by atoms with Gasteiger partial charge in [-0.1, -0.05) is 0 Å². The molecule has 1 aromatic carbocycles. The Morgan fingerprint density at radius 2 is 2.24 bits per heavy atom. The fourth-order valence-electron chi connectivity index (χ4n) is 1.74. The maximum absolute atomic E-state index is 5.23. The minimum Gasteiger partial charge on any atom is -0.496 e. The number of aryl methyl sites for hydroxylation is 2. The van der Waals surface area contributed by atoms with Gasteiger partial charge in [0.05, 0.1) is 13.7 Å². The first-order valence-electron chi connectivity index (χ1n) is 5.55. The molecule has 0 bridgehead atoms. The van der Waals surface area contributed by atoms with Crippen molar-refractivity contribution < 1.29 is 4.74 Å². The quantitative estimate of drug-likeness (QED) is 0.878. The third kappa shape index (κ3) is 2.58. The summed E-state index contributed by atoms with van der Waals surface area (Å²) in [6.07, 6.45) is 3.74. The smallest absolute Gasteiger partial charge is 0.127 e. The van der Waals surface area contributed by atoms with Gasteiger partial charge in [0.2, 0.25) is 0 Å². The number of aromatic nitrogens is 2. The Labute approximate surface area is 101 Å². The molecule has 0 fully saturated rings. The summed E-state index contributed by atoms with van der Waals surface area (Å²) in [4.78, 5) is 4.26. The van der Waals surface area contributed by atoms with Gasteiger partial charge < -0.3 is 14.6 Å².